The van der Waals surface area contributed by atoms with Crippen molar-refractivity contribution >= 4 is 12.0 Å². The normalized spacial score (nSPS) is 9.93. The van der Waals surface area contributed by atoms with E-state index >= 15 is 0 Å². The summed E-state index contributed by atoms with van der Waals surface area (Å²) in [4.78, 5) is 17.1. The van der Waals surface area contributed by atoms with Gasteiger partial charge in [0.1, 0.15) is 5.82 Å². The number of H-pyrrole nitrogens is 1. The summed E-state index contributed by atoms with van der Waals surface area (Å²) >= 11 is 0. The van der Waals surface area contributed by atoms with Gasteiger partial charge in [-0.15, -0.1) is 5.10 Å². The van der Waals surface area contributed by atoms with E-state index in [9.17, 15) is 4.79 Å². The maximum absolute atomic E-state index is 11.5. The highest BCUT2D eigenvalue weighted by Crippen LogP contribution is 1.99. The van der Waals surface area contributed by atoms with Gasteiger partial charge in [0.05, 0.1) is 0 Å². The second kappa shape index (κ2) is 4.59. The van der Waals surface area contributed by atoms with Gasteiger partial charge in [0, 0.05) is 13.1 Å². The van der Waals surface area contributed by atoms with Crippen LogP contribution >= 0.6 is 0 Å². The molecular weight excluding hydrogens is 182 g/mol. The molecule has 0 bridgehead atoms. The minimum atomic E-state index is -0.172. The fraction of sp³-hybridized carbons (Fsp3) is 0.625. The highest BCUT2D eigenvalue weighted by Gasteiger charge is 2.11. The molecule has 1 heterocycles. The van der Waals surface area contributed by atoms with Gasteiger partial charge in [-0.25, -0.2) is 4.79 Å². The smallest absolute Gasteiger partial charge is 0.324 e. The number of aromatic amines is 1. The number of hydrogen-bond acceptors (Lipinski definition) is 3. The van der Waals surface area contributed by atoms with Gasteiger partial charge >= 0.3 is 6.03 Å². The summed E-state index contributed by atoms with van der Waals surface area (Å²) in [6, 6.07) is -0.172. The zero-order chi connectivity index (χ0) is 10.6. The number of urea groups is 1. The highest BCUT2D eigenvalue weighted by atomic mass is 16.2. The lowest BCUT2D eigenvalue weighted by Gasteiger charge is -2.17. The number of aromatic nitrogens is 3. The summed E-state index contributed by atoms with van der Waals surface area (Å²) in [7, 11) is 0. The summed E-state index contributed by atoms with van der Waals surface area (Å²) in [5.74, 6) is 0.999. The monoisotopic (exact) mass is 197 g/mol. The summed E-state index contributed by atoms with van der Waals surface area (Å²) in [5.41, 5.74) is 0. The SMILES string of the molecule is CCN(CC)C(=O)Nc1n[nH]c(C)n1. The van der Waals surface area contributed by atoms with E-state index in [1.807, 2.05) is 13.8 Å². The first-order valence-electron chi connectivity index (χ1n) is 4.62. The zero-order valence-corrected chi connectivity index (χ0v) is 8.66. The van der Waals surface area contributed by atoms with Crippen LogP contribution in [0.25, 0.3) is 0 Å². The number of carbonyl (C=O) groups is 1. The molecule has 0 aromatic carbocycles. The molecule has 0 unspecified atom stereocenters. The average Bonchev–Trinajstić information content (AvgIpc) is 2.53. The van der Waals surface area contributed by atoms with Crippen molar-refractivity contribution in [2.24, 2.45) is 0 Å². The molecule has 1 rings (SSSR count). The molecule has 0 saturated carbocycles. The highest BCUT2D eigenvalue weighted by molar-refractivity contribution is 5.87. The lowest BCUT2D eigenvalue weighted by Crippen LogP contribution is -2.34. The Kier molecular flexibility index (Phi) is 3.44. The molecule has 2 amide bonds. The fourth-order valence-corrected chi connectivity index (χ4v) is 1.08. The zero-order valence-electron chi connectivity index (χ0n) is 8.66. The Hall–Kier alpha value is -1.59. The predicted octanol–water partition coefficient (Wildman–Crippen LogP) is 0.987. The number of anilines is 1. The van der Waals surface area contributed by atoms with E-state index in [0.717, 1.165) is 0 Å². The predicted molar refractivity (Wildman–Crippen MR) is 53.1 cm³/mol. The molecule has 0 saturated heterocycles. The number of nitrogens with zero attached hydrogens (tertiary/aromatic N) is 3. The third-order valence-electron chi connectivity index (χ3n) is 1.87. The van der Waals surface area contributed by atoms with E-state index in [1.54, 1.807) is 11.8 Å². The first-order valence-corrected chi connectivity index (χ1v) is 4.62. The lowest BCUT2D eigenvalue weighted by molar-refractivity contribution is 0.217. The Labute approximate surface area is 82.7 Å². The molecule has 14 heavy (non-hydrogen) atoms. The summed E-state index contributed by atoms with van der Waals surface area (Å²) in [5, 5.41) is 9.06. The van der Waals surface area contributed by atoms with Crippen LogP contribution in [0.15, 0.2) is 0 Å². The fourth-order valence-electron chi connectivity index (χ4n) is 1.08. The third kappa shape index (κ3) is 2.45. The topological polar surface area (TPSA) is 73.9 Å². The van der Waals surface area contributed by atoms with Crippen LogP contribution in [-0.4, -0.2) is 39.2 Å². The number of hydrogen-bond donors (Lipinski definition) is 2. The molecule has 0 atom stereocenters. The van der Waals surface area contributed by atoms with E-state index in [-0.39, 0.29) is 6.03 Å². The Morgan fingerprint density at radius 3 is 2.57 bits per heavy atom. The first kappa shape index (κ1) is 10.5. The van der Waals surface area contributed by atoms with Gasteiger partial charge in [-0.3, -0.25) is 10.4 Å². The van der Waals surface area contributed by atoms with Crippen molar-refractivity contribution < 1.29 is 4.79 Å². The van der Waals surface area contributed by atoms with Crippen LogP contribution in [0, 0.1) is 6.92 Å². The molecule has 0 fully saturated rings. The van der Waals surface area contributed by atoms with E-state index in [1.165, 1.54) is 0 Å². The Morgan fingerprint density at radius 2 is 2.14 bits per heavy atom. The van der Waals surface area contributed by atoms with Crippen molar-refractivity contribution in [1.82, 2.24) is 20.1 Å². The molecule has 0 radical (unpaired) electrons. The van der Waals surface area contributed by atoms with Gasteiger partial charge in [-0.2, -0.15) is 4.98 Å². The van der Waals surface area contributed by atoms with Crippen LogP contribution in [0.4, 0.5) is 10.7 Å². The minimum Gasteiger partial charge on any atom is -0.325 e. The van der Waals surface area contributed by atoms with Crippen molar-refractivity contribution in [2.45, 2.75) is 20.8 Å². The number of rotatable bonds is 3. The summed E-state index contributed by atoms with van der Waals surface area (Å²) in [6.45, 7) is 6.97. The number of nitrogens with one attached hydrogen (secondary N) is 2. The molecule has 0 aliphatic carbocycles. The minimum absolute atomic E-state index is 0.172. The van der Waals surface area contributed by atoms with E-state index < -0.39 is 0 Å². The van der Waals surface area contributed by atoms with Gasteiger partial charge in [0.25, 0.3) is 0 Å². The van der Waals surface area contributed by atoms with E-state index in [2.05, 4.69) is 20.5 Å². The molecular formula is C8H15N5O. The van der Waals surface area contributed by atoms with Crippen LogP contribution in [0.2, 0.25) is 0 Å². The van der Waals surface area contributed by atoms with Gasteiger partial charge in [-0.05, 0) is 20.8 Å². The van der Waals surface area contributed by atoms with Crippen LogP contribution in [0.1, 0.15) is 19.7 Å². The second-order valence-corrected chi connectivity index (χ2v) is 2.85. The summed E-state index contributed by atoms with van der Waals surface area (Å²) < 4.78 is 0. The average molecular weight is 197 g/mol. The third-order valence-corrected chi connectivity index (χ3v) is 1.87. The molecule has 1 aromatic heterocycles. The van der Waals surface area contributed by atoms with Crippen LogP contribution in [0.3, 0.4) is 0 Å². The molecule has 0 aliphatic heterocycles. The van der Waals surface area contributed by atoms with Crippen LogP contribution < -0.4 is 5.32 Å². The standard InChI is InChI=1S/C8H15N5O/c1-4-13(5-2)8(14)10-7-9-6(3)11-12-7/h4-5H2,1-3H3,(H2,9,10,11,12,14). The van der Waals surface area contributed by atoms with Crippen molar-refractivity contribution in [3.05, 3.63) is 5.82 Å². The van der Waals surface area contributed by atoms with Crippen LogP contribution in [0.5, 0.6) is 0 Å². The summed E-state index contributed by atoms with van der Waals surface area (Å²) in [6.07, 6.45) is 0. The lowest BCUT2D eigenvalue weighted by atomic mass is 10.5. The Bertz CT molecular complexity index is 304. The molecule has 6 nitrogen and oxygen atoms in total. The van der Waals surface area contributed by atoms with E-state index in [4.69, 9.17) is 0 Å². The van der Waals surface area contributed by atoms with Crippen LogP contribution in [-0.2, 0) is 0 Å². The Morgan fingerprint density at radius 1 is 1.50 bits per heavy atom. The van der Waals surface area contributed by atoms with E-state index in [0.29, 0.717) is 24.9 Å². The Balaban J connectivity index is 2.56. The van der Waals surface area contributed by atoms with Gasteiger partial charge < -0.3 is 4.90 Å². The molecule has 0 spiro atoms. The second-order valence-electron chi connectivity index (χ2n) is 2.85. The number of carbonyl (C=O) groups excluding carboxylic acids is 1. The van der Waals surface area contributed by atoms with Crippen molar-refractivity contribution in [2.75, 3.05) is 18.4 Å². The van der Waals surface area contributed by atoms with Crippen molar-refractivity contribution in [3.63, 3.8) is 0 Å². The van der Waals surface area contributed by atoms with Crippen molar-refractivity contribution in [1.29, 1.82) is 0 Å². The van der Waals surface area contributed by atoms with Crippen molar-refractivity contribution in [3.8, 4) is 0 Å². The largest absolute Gasteiger partial charge is 0.325 e. The number of aryl methyl sites for hydroxylation is 1. The van der Waals surface area contributed by atoms with Gasteiger partial charge in [0.2, 0.25) is 5.95 Å². The molecule has 78 valence electrons. The molecule has 1 aromatic rings. The maximum Gasteiger partial charge on any atom is 0.324 e. The first-order chi connectivity index (χ1) is 6.67. The number of amides is 2. The van der Waals surface area contributed by atoms with Gasteiger partial charge in [-0.1, -0.05) is 0 Å². The molecule has 0 aliphatic rings. The quantitative estimate of drug-likeness (QED) is 0.758. The van der Waals surface area contributed by atoms with Gasteiger partial charge in [0.15, 0.2) is 0 Å². The molecule has 6 heteroatoms. The maximum atomic E-state index is 11.5. The molecule has 2 N–H and O–H groups in total.